The predicted octanol–water partition coefficient (Wildman–Crippen LogP) is 3.16. The molecule has 0 aliphatic carbocycles. The van der Waals surface area contributed by atoms with E-state index >= 15 is 0 Å². The molecule has 0 radical (unpaired) electrons. The molecule has 26 heavy (non-hydrogen) atoms. The number of hydrogen-bond acceptors (Lipinski definition) is 3. The van der Waals surface area contributed by atoms with Crippen molar-refractivity contribution < 1.29 is 9.59 Å². The van der Waals surface area contributed by atoms with Crippen LogP contribution in [0.15, 0.2) is 36.4 Å². The van der Waals surface area contributed by atoms with Crippen LogP contribution < -0.4 is 10.6 Å². The van der Waals surface area contributed by atoms with Crippen molar-refractivity contribution in [3.8, 4) is 0 Å². The Morgan fingerprint density at radius 3 is 2.08 bits per heavy atom. The molecule has 0 saturated heterocycles. The molecule has 0 atom stereocenters. The van der Waals surface area contributed by atoms with E-state index in [-0.39, 0.29) is 11.8 Å². The van der Waals surface area contributed by atoms with E-state index < -0.39 is 0 Å². The van der Waals surface area contributed by atoms with Crippen molar-refractivity contribution in [1.82, 2.24) is 10.2 Å². The van der Waals surface area contributed by atoms with Gasteiger partial charge in [-0.05, 0) is 64.2 Å². The Morgan fingerprint density at radius 1 is 0.923 bits per heavy atom. The third-order valence-corrected chi connectivity index (χ3v) is 4.15. The number of aryl methyl sites for hydroxylation is 3. The molecule has 0 fully saturated rings. The molecule has 0 aliphatic heterocycles. The van der Waals surface area contributed by atoms with Gasteiger partial charge in [-0.3, -0.25) is 9.59 Å². The highest BCUT2D eigenvalue weighted by atomic mass is 16.2. The Balaban J connectivity index is 2.12. The summed E-state index contributed by atoms with van der Waals surface area (Å²) in [6.45, 7) is 7.31. The largest absolute Gasteiger partial charge is 0.351 e. The molecule has 5 heteroatoms. The summed E-state index contributed by atoms with van der Waals surface area (Å²) in [5.74, 6) is -0.396. The summed E-state index contributed by atoms with van der Waals surface area (Å²) in [7, 11) is 3.90. The minimum atomic E-state index is -0.219. The van der Waals surface area contributed by atoms with Crippen LogP contribution in [0.3, 0.4) is 0 Å². The summed E-state index contributed by atoms with van der Waals surface area (Å²) >= 11 is 0. The summed E-state index contributed by atoms with van der Waals surface area (Å²) < 4.78 is 0. The Labute approximate surface area is 155 Å². The van der Waals surface area contributed by atoms with Gasteiger partial charge in [-0.25, -0.2) is 0 Å². The molecule has 0 aromatic heterocycles. The lowest BCUT2D eigenvalue weighted by Crippen LogP contribution is -2.31. The number of carbonyl (C=O) groups is 2. The number of carbonyl (C=O) groups excluding carboxylic acids is 2. The van der Waals surface area contributed by atoms with Crippen molar-refractivity contribution in [1.29, 1.82) is 0 Å². The van der Waals surface area contributed by atoms with E-state index in [9.17, 15) is 9.59 Å². The van der Waals surface area contributed by atoms with Gasteiger partial charge < -0.3 is 15.5 Å². The number of nitrogens with one attached hydrogen (secondary N) is 2. The van der Waals surface area contributed by atoms with Crippen LogP contribution >= 0.6 is 0 Å². The van der Waals surface area contributed by atoms with E-state index in [1.807, 2.05) is 51.9 Å². The van der Waals surface area contributed by atoms with Gasteiger partial charge in [-0.2, -0.15) is 0 Å². The minimum absolute atomic E-state index is 0.177. The van der Waals surface area contributed by atoms with Crippen LogP contribution in [0.2, 0.25) is 0 Å². The molecule has 5 nitrogen and oxygen atoms in total. The van der Waals surface area contributed by atoms with Crippen LogP contribution in [0.5, 0.6) is 0 Å². The maximum Gasteiger partial charge on any atom is 0.255 e. The topological polar surface area (TPSA) is 61.4 Å². The Bertz CT molecular complexity index is 790. The molecule has 138 valence electrons. The van der Waals surface area contributed by atoms with E-state index in [0.29, 0.717) is 17.7 Å². The van der Waals surface area contributed by atoms with E-state index in [1.165, 1.54) is 0 Å². The third-order valence-electron chi connectivity index (χ3n) is 4.15. The van der Waals surface area contributed by atoms with Gasteiger partial charge in [0.05, 0.1) is 0 Å². The first-order chi connectivity index (χ1) is 12.3. The molecular weight excluding hydrogens is 326 g/mol. The summed E-state index contributed by atoms with van der Waals surface area (Å²) in [6.07, 6.45) is 0. The lowest BCUT2D eigenvalue weighted by Gasteiger charge is -2.13. The summed E-state index contributed by atoms with van der Waals surface area (Å²) in [6, 6.07) is 10.9. The fourth-order valence-corrected chi connectivity index (χ4v) is 2.86. The zero-order valence-corrected chi connectivity index (χ0v) is 16.1. The number of amides is 2. The second-order valence-electron chi connectivity index (χ2n) is 6.87. The first-order valence-electron chi connectivity index (χ1n) is 8.70. The molecule has 0 saturated carbocycles. The van der Waals surface area contributed by atoms with Gasteiger partial charge in [-0.1, -0.05) is 23.8 Å². The lowest BCUT2D eigenvalue weighted by molar-refractivity contribution is 0.0951. The molecule has 0 spiro atoms. The highest BCUT2D eigenvalue weighted by Crippen LogP contribution is 2.22. The van der Waals surface area contributed by atoms with Gasteiger partial charge in [0.2, 0.25) is 0 Å². The molecule has 2 N–H and O–H groups in total. The van der Waals surface area contributed by atoms with Gasteiger partial charge in [0.1, 0.15) is 0 Å². The Morgan fingerprint density at radius 2 is 1.50 bits per heavy atom. The van der Waals surface area contributed by atoms with Crippen molar-refractivity contribution >= 4 is 17.5 Å². The molecule has 0 heterocycles. The second kappa shape index (κ2) is 8.63. The van der Waals surface area contributed by atoms with Gasteiger partial charge >= 0.3 is 0 Å². The summed E-state index contributed by atoms with van der Waals surface area (Å²) in [5.41, 5.74) is 4.97. The average Bonchev–Trinajstić information content (AvgIpc) is 2.57. The van der Waals surface area contributed by atoms with Crippen LogP contribution in [0.1, 0.15) is 37.4 Å². The maximum atomic E-state index is 12.6. The normalized spacial score (nSPS) is 10.7. The van der Waals surface area contributed by atoms with Crippen LogP contribution in [-0.4, -0.2) is 43.9 Å². The molecule has 2 amide bonds. The quantitative estimate of drug-likeness (QED) is 0.839. The van der Waals surface area contributed by atoms with Crippen molar-refractivity contribution in [2.75, 3.05) is 32.5 Å². The first kappa shape index (κ1) is 19.7. The van der Waals surface area contributed by atoms with E-state index in [1.54, 1.807) is 24.3 Å². The van der Waals surface area contributed by atoms with Crippen molar-refractivity contribution in [2.24, 2.45) is 0 Å². The Hall–Kier alpha value is -2.66. The summed E-state index contributed by atoms with van der Waals surface area (Å²) in [5, 5.41) is 5.83. The van der Waals surface area contributed by atoms with Crippen LogP contribution in [0.25, 0.3) is 0 Å². The zero-order chi connectivity index (χ0) is 19.3. The monoisotopic (exact) mass is 353 g/mol. The number of rotatable bonds is 6. The number of benzene rings is 2. The highest BCUT2D eigenvalue weighted by Gasteiger charge is 2.13. The first-order valence-corrected chi connectivity index (χ1v) is 8.70. The molecule has 0 unspecified atom stereocenters. The van der Waals surface area contributed by atoms with E-state index in [2.05, 4.69) is 10.6 Å². The van der Waals surface area contributed by atoms with Crippen LogP contribution in [0, 0.1) is 20.8 Å². The molecule has 2 aromatic rings. The van der Waals surface area contributed by atoms with Crippen molar-refractivity contribution in [3.05, 3.63) is 64.2 Å². The fraction of sp³-hybridized carbons (Fsp3) is 0.333. The molecule has 0 bridgehead atoms. The third kappa shape index (κ3) is 5.17. The SMILES string of the molecule is Cc1cc(C)c(NC(=O)c2cccc(C(=O)NCCN(C)C)c2)c(C)c1. The van der Waals surface area contributed by atoms with Crippen molar-refractivity contribution in [2.45, 2.75) is 20.8 Å². The van der Waals surface area contributed by atoms with Crippen molar-refractivity contribution in [3.63, 3.8) is 0 Å². The van der Waals surface area contributed by atoms with Gasteiger partial charge in [0.15, 0.2) is 0 Å². The maximum absolute atomic E-state index is 12.6. The molecular formula is C21H27N3O2. The number of hydrogen-bond donors (Lipinski definition) is 2. The van der Waals surface area contributed by atoms with Crippen LogP contribution in [0.4, 0.5) is 5.69 Å². The number of nitrogens with zero attached hydrogens (tertiary/aromatic N) is 1. The molecule has 2 rings (SSSR count). The number of anilines is 1. The lowest BCUT2D eigenvalue weighted by atomic mass is 10.0. The number of likely N-dealkylation sites (N-methyl/N-ethyl adjacent to an activating group) is 1. The average molecular weight is 353 g/mol. The second-order valence-corrected chi connectivity index (χ2v) is 6.87. The smallest absolute Gasteiger partial charge is 0.255 e. The van der Waals surface area contributed by atoms with Gasteiger partial charge in [0.25, 0.3) is 11.8 Å². The molecule has 0 aliphatic rings. The highest BCUT2D eigenvalue weighted by molar-refractivity contribution is 6.06. The van der Waals surface area contributed by atoms with Crippen LogP contribution in [-0.2, 0) is 0 Å². The van der Waals surface area contributed by atoms with E-state index in [0.717, 1.165) is 28.9 Å². The molecule has 2 aromatic carbocycles. The predicted molar refractivity (Wildman–Crippen MR) is 106 cm³/mol. The minimum Gasteiger partial charge on any atom is -0.351 e. The fourth-order valence-electron chi connectivity index (χ4n) is 2.86. The van der Waals surface area contributed by atoms with E-state index in [4.69, 9.17) is 0 Å². The Kier molecular flexibility index (Phi) is 6.52. The zero-order valence-electron chi connectivity index (χ0n) is 16.1. The van der Waals surface area contributed by atoms with Gasteiger partial charge in [0, 0.05) is 29.9 Å². The standard InChI is InChI=1S/C21H27N3O2/c1-14-11-15(2)19(16(3)12-14)23-21(26)18-8-6-7-17(13-18)20(25)22-9-10-24(4)5/h6-8,11-13H,9-10H2,1-5H3,(H,22,25)(H,23,26). The summed E-state index contributed by atoms with van der Waals surface area (Å²) in [4.78, 5) is 26.9. The van der Waals surface area contributed by atoms with Gasteiger partial charge in [-0.15, -0.1) is 0 Å².